The van der Waals surface area contributed by atoms with Crippen LogP contribution in [0.2, 0.25) is 0 Å². The van der Waals surface area contributed by atoms with Gasteiger partial charge in [-0.2, -0.15) is 0 Å². The first-order valence-electron chi connectivity index (χ1n) is 10.5. The highest BCUT2D eigenvalue weighted by atomic mass is 16.1. The van der Waals surface area contributed by atoms with E-state index in [0.717, 1.165) is 23.1 Å². The molecule has 0 saturated carbocycles. The molecule has 0 atom stereocenters. The van der Waals surface area contributed by atoms with E-state index in [0.29, 0.717) is 12.1 Å². The van der Waals surface area contributed by atoms with Crippen LogP contribution in [-0.2, 0) is 11.8 Å². The number of fused-ring (bicyclic) bond motifs is 1. The summed E-state index contributed by atoms with van der Waals surface area (Å²) >= 11 is 0. The van der Waals surface area contributed by atoms with Crippen LogP contribution in [0.25, 0.3) is 22.0 Å². The van der Waals surface area contributed by atoms with Crippen molar-refractivity contribution in [2.45, 2.75) is 32.6 Å². The van der Waals surface area contributed by atoms with E-state index in [1.165, 1.54) is 16.5 Å². The Labute approximate surface area is 178 Å². The Morgan fingerprint density at radius 3 is 2.17 bits per heavy atom. The molecule has 0 fully saturated rings. The smallest absolute Gasteiger partial charge is 0.251 e. The lowest BCUT2D eigenvalue weighted by Gasteiger charge is -2.19. The minimum atomic E-state index is -0.0375. The van der Waals surface area contributed by atoms with E-state index in [1.807, 2.05) is 42.6 Å². The number of hydrogen-bond acceptors (Lipinski definition) is 1. The van der Waals surface area contributed by atoms with Gasteiger partial charge < -0.3 is 10.3 Å². The fourth-order valence-electron chi connectivity index (χ4n) is 3.73. The summed E-state index contributed by atoms with van der Waals surface area (Å²) in [6.45, 7) is 7.26. The van der Waals surface area contributed by atoms with E-state index in [9.17, 15) is 4.79 Å². The number of hydrogen-bond donors (Lipinski definition) is 2. The predicted octanol–water partition coefficient (Wildman–Crippen LogP) is 6.10. The van der Waals surface area contributed by atoms with Crippen molar-refractivity contribution in [2.24, 2.45) is 0 Å². The van der Waals surface area contributed by atoms with E-state index in [1.54, 1.807) is 0 Å². The first-order chi connectivity index (χ1) is 14.4. The molecule has 152 valence electrons. The van der Waals surface area contributed by atoms with Crippen LogP contribution in [0.15, 0.2) is 79.0 Å². The summed E-state index contributed by atoms with van der Waals surface area (Å²) in [7, 11) is 0. The van der Waals surface area contributed by atoms with Gasteiger partial charge in [0.2, 0.25) is 0 Å². The van der Waals surface area contributed by atoms with Crippen LogP contribution < -0.4 is 5.32 Å². The van der Waals surface area contributed by atoms with Crippen LogP contribution in [0.1, 0.15) is 42.3 Å². The van der Waals surface area contributed by atoms with Crippen LogP contribution in [-0.4, -0.2) is 17.4 Å². The zero-order valence-corrected chi connectivity index (χ0v) is 17.8. The van der Waals surface area contributed by atoms with Gasteiger partial charge in [0.15, 0.2) is 0 Å². The number of amides is 1. The molecule has 4 aromatic rings. The first kappa shape index (κ1) is 20.0. The molecule has 0 saturated heterocycles. The molecule has 0 aliphatic carbocycles. The molecule has 1 aromatic heterocycles. The summed E-state index contributed by atoms with van der Waals surface area (Å²) in [5.74, 6) is -0.0375. The van der Waals surface area contributed by atoms with Crippen LogP contribution >= 0.6 is 0 Å². The molecule has 30 heavy (non-hydrogen) atoms. The third-order valence-corrected chi connectivity index (χ3v) is 5.59. The number of aromatic nitrogens is 1. The molecule has 0 aliphatic heterocycles. The van der Waals surface area contributed by atoms with Crippen LogP contribution in [0, 0.1) is 0 Å². The number of para-hydroxylation sites is 1. The van der Waals surface area contributed by atoms with Gasteiger partial charge in [0.1, 0.15) is 0 Å². The average Bonchev–Trinajstić information content (AvgIpc) is 3.16. The Kier molecular flexibility index (Phi) is 5.45. The monoisotopic (exact) mass is 396 g/mol. The van der Waals surface area contributed by atoms with Gasteiger partial charge >= 0.3 is 0 Å². The number of nitrogens with one attached hydrogen (secondary N) is 2. The summed E-state index contributed by atoms with van der Waals surface area (Å²) in [5.41, 5.74) is 6.78. The molecule has 3 nitrogen and oxygen atoms in total. The van der Waals surface area contributed by atoms with Crippen molar-refractivity contribution in [3.63, 3.8) is 0 Å². The molecule has 0 radical (unpaired) electrons. The van der Waals surface area contributed by atoms with Crippen molar-refractivity contribution in [1.29, 1.82) is 0 Å². The second-order valence-corrected chi connectivity index (χ2v) is 8.77. The lowest BCUT2D eigenvalue weighted by molar-refractivity contribution is 0.0954. The van der Waals surface area contributed by atoms with Crippen LogP contribution in [0.5, 0.6) is 0 Å². The molecule has 1 heterocycles. The molecule has 0 unspecified atom stereocenters. The van der Waals surface area contributed by atoms with Crippen molar-refractivity contribution >= 4 is 16.8 Å². The number of benzene rings is 3. The molecular weight excluding hydrogens is 368 g/mol. The molecular formula is C27H28N2O. The van der Waals surface area contributed by atoms with Crippen LogP contribution in [0.4, 0.5) is 0 Å². The SMILES string of the molecule is CC(C)(C)c1ccc(-c2ccc(C(=O)NCCc3c[nH]c4ccccc34)cc2)cc1. The van der Waals surface area contributed by atoms with Gasteiger partial charge in [-0.15, -0.1) is 0 Å². The fraction of sp³-hybridized carbons (Fsp3) is 0.222. The number of carbonyl (C=O) groups excluding carboxylic acids is 1. The third kappa shape index (κ3) is 4.30. The maximum Gasteiger partial charge on any atom is 0.251 e. The number of carbonyl (C=O) groups is 1. The largest absolute Gasteiger partial charge is 0.361 e. The number of aromatic amines is 1. The van der Waals surface area contributed by atoms with E-state index in [2.05, 4.69) is 67.5 Å². The molecule has 3 heteroatoms. The van der Waals surface area contributed by atoms with Gasteiger partial charge in [0.05, 0.1) is 0 Å². The molecule has 1 amide bonds. The zero-order chi connectivity index (χ0) is 21.1. The zero-order valence-electron chi connectivity index (χ0n) is 17.8. The lowest BCUT2D eigenvalue weighted by Crippen LogP contribution is -2.25. The van der Waals surface area contributed by atoms with Crippen molar-refractivity contribution in [3.8, 4) is 11.1 Å². The molecule has 3 aromatic carbocycles. The van der Waals surface area contributed by atoms with Crippen molar-refractivity contribution in [3.05, 3.63) is 95.7 Å². The van der Waals surface area contributed by atoms with Gasteiger partial charge in [-0.25, -0.2) is 0 Å². The second kappa shape index (κ2) is 8.19. The number of rotatable bonds is 5. The minimum absolute atomic E-state index is 0.0375. The fourth-order valence-corrected chi connectivity index (χ4v) is 3.73. The highest BCUT2D eigenvalue weighted by Crippen LogP contribution is 2.26. The Bertz CT molecular complexity index is 1150. The van der Waals surface area contributed by atoms with E-state index >= 15 is 0 Å². The summed E-state index contributed by atoms with van der Waals surface area (Å²) < 4.78 is 0. The maximum absolute atomic E-state index is 12.5. The van der Waals surface area contributed by atoms with Crippen molar-refractivity contribution < 1.29 is 4.79 Å². The normalized spacial score (nSPS) is 11.6. The molecule has 0 spiro atoms. The molecule has 0 bridgehead atoms. The van der Waals surface area contributed by atoms with Crippen LogP contribution in [0.3, 0.4) is 0 Å². The summed E-state index contributed by atoms with van der Waals surface area (Å²) in [6, 6.07) is 24.7. The summed E-state index contributed by atoms with van der Waals surface area (Å²) in [6.07, 6.45) is 2.82. The average molecular weight is 397 g/mol. The number of H-pyrrole nitrogens is 1. The Hall–Kier alpha value is -3.33. The highest BCUT2D eigenvalue weighted by Gasteiger charge is 2.13. The Morgan fingerprint density at radius 2 is 1.50 bits per heavy atom. The lowest BCUT2D eigenvalue weighted by atomic mass is 9.86. The van der Waals surface area contributed by atoms with Gasteiger partial charge in [-0.1, -0.05) is 75.4 Å². The van der Waals surface area contributed by atoms with Crippen molar-refractivity contribution in [2.75, 3.05) is 6.54 Å². The third-order valence-electron chi connectivity index (χ3n) is 5.59. The van der Waals surface area contributed by atoms with E-state index in [4.69, 9.17) is 0 Å². The van der Waals surface area contributed by atoms with E-state index in [-0.39, 0.29) is 11.3 Å². The second-order valence-electron chi connectivity index (χ2n) is 8.77. The van der Waals surface area contributed by atoms with Crippen molar-refractivity contribution in [1.82, 2.24) is 10.3 Å². The highest BCUT2D eigenvalue weighted by molar-refractivity contribution is 5.94. The maximum atomic E-state index is 12.5. The first-order valence-corrected chi connectivity index (χ1v) is 10.5. The quantitative estimate of drug-likeness (QED) is 0.420. The van der Waals surface area contributed by atoms with Gasteiger partial charge in [0, 0.05) is 29.2 Å². The molecule has 0 aliphatic rings. The Morgan fingerprint density at radius 1 is 0.867 bits per heavy atom. The van der Waals surface area contributed by atoms with Gasteiger partial charge in [-0.3, -0.25) is 4.79 Å². The molecule has 2 N–H and O–H groups in total. The van der Waals surface area contributed by atoms with Gasteiger partial charge in [0.25, 0.3) is 5.91 Å². The Balaban J connectivity index is 1.37. The predicted molar refractivity (Wildman–Crippen MR) is 125 cm³/mol. The summed E-state index contributed by atoms with van der Waals surface area (Å²) in [4.78, 5) is 15.8. The molecule has 4 rings (SSSR count). The summed E-state index contributed by atoms with van der Waals surface area (Å²) in [5, 5.41) is 4.25. The standard InChI is InChI=1S/C27H28N2O/c1-27(2,3)23-14-12-20(13-15-23)19-8-10-21(11-9-19)26(30)28-17-16-22-18-29-25-7-5-4-6-24(22)25/h4-15,18,29H,16-17H2,1-3H3,(H,28,30). The van der Waals surface area contributed by atoms with E-state index < -0.39 is 0 Å². The van der Waals surface area contributed by atoms with Gasteiger partial charge in [-0.05, 0) is 52.3 Å². The minimum Gasteiger partial charge on any atom is -0.361 e. The topological polar surface area (TPSA) is 44.9 Å².